The van der Waals surface area contributed by atoms with E-state index in [0.29, 0.717) is 57.1 Å². The second-order valence-corrected chi connectivity index (χ2v) is 21.5. The van der Waals surface area contributed by atoms with Crippen LogP contribution in [0.2, 0.25) is 0 Å². The Balaban J connectivity index is 0.000000180. The van der Waals surface area contributed by atoms with Crippen molar-refractivity contribution in [2.24, 2.45) is 0 Å². The van der Waals surface area contributed by atoms with Crippen LogP contribution in [0.5, 0.6) is 0 Å². The van der Waals surface area contributed by atoms with E-state index in [-0.39, 0.29) is 52.6 Å². The van der Waals surface area contributed by atoms with E-state index in [1.54, 1.807) is 49.0 Å². The predicted octanol–water partition coefficient (Wildman–Crippen LogP) is 12.8. The molecule has 0 saturated carbocycles. The molecular weight excluding hydrogens is 889 g/mol. The summed E-state index contributed by atoms with van der Waals surface area (Å²) in [7, 11) is -1.36. The zero-order valence-electron chi connectivity index (χ0n) is 39.5. The number of hydrogen-bond acceptors (Lipinski definition) is 11. The van der Waals surface area contributed by atoms with Crippen molar-refractivity contribution in [2.45, 2.75) is 145 Å². The zero-order valence-corrected chi connectivity index (χ0v) is 42.1. The first kappa shape index (κ1) is 51.4. The van der Waals surface area contributed by atoms with Crippen molar-refractivity contribution in [1.82, 2.24) is 0 Å². The lowest BCUT2D eigenvalue weighted by molar-refractivity contribution is -0.169. The van der Waals surface area contributed by atoms with Gasteiger partial charge in [0.25, 0.3) is 0 Å². The lowest BCUT2D eigenvalue weighted by Gasteiger charge is -2.23. The second kappa shape index (κ2) is 24.3. The maximum Gasteiger partial charge on any atom is 0.200 e. The van der Waals surface area contributed by atoms with Crippen molar-refractivity contribution in [3.8, 4) is 0 Å². The fourth-order valence-electron chi connectivity index (χ4n) is 7.40. The fourth-order valence-corrected chi connectivity index (χ4v) is 9.45. The summed E-state index contributed by atoms with van der Waals surface area (Å²) in [5.41, 5.74) is 7.31. The number of hydrogen-bond donors (Lipinski definition) is 1. The van der Waals surface area contributed by atoms with Crippen LogP contribution in [0, 0.1) is 0 Å². The average molecular weight is 955 g/mol. The van der Waals surface area contributed by atoms with Crippen molar-refractivity contribution >= 4 is 57.1 Å². The van der Waals surface area contributed by atoms with Crippen molar-refractivity contribution in [3.63, 3.8) is 0 Å². The molecule has 2 aliphatic rings. The Bertz CT molecular complexity index is 2610. The minimum Gasteiger partial charge on any atom is -0.449 e. The summed E-state index contributed by atoms with van der Waals surface area (Å²) >= 11 is 5.76. The summed E-state index contributed by atoms with van der Waals surface area (Å²) < 4.78 is 47.0. The SMILES string of the molecule is CC(C)(C)c1ccc(CS)cc1.CC(C)(C)c1ccc(CSc2oc3ccccc3c(=O)c2COC2CCCCO2)cc1.CCS(=O)c1oc2ccccc2c(=O)c1COC1CCCCO1. The Kier molecular flexibility index (Phi) is 18.9. The first-order valence-corrected chi connectivity index (χ1v) is 26.0. The largest absolute Gasteiger partial charge is 0.449 e. The van der Waals surface area contributed by atoms with Crippen LogP contribution in [-0.4, -0.2) is 35.8 Å². The number of rotatable bonds is 12. The third kappa shape index (κ3) is 14.3. The fraction of sp³-hybridized carbons (Fsp3) is 0.444. The van der Waals surface area contributed by atoms with Crippen molar-refractivity contribution in [1.29, 1.82) is 0 Å². The highest BCUT2D eigenvalue weighted by Gasteiger charge is 2.23. The third-order valence-electron chi connectivity index (χ3n) is 11.5. The summed E-state index contributed by atoms with van der Waals surface area (Å²) in [5.74, 6) is 1.93. The number of benzene rings is 4. The number of ether oxygens (including phenoxy) is 4. The molecule has 354 valence electrons. The number of thiol groups is 1. The molecule has 0 aliphatic carbocycles. The van der Waals surface area contributed by atoms with E-state index >= 15 is 0 Å². The van der Waals surface area contributed by atoms with Gasteiger partial charge in [0.1, 0.15) is 11.2 Å². The summed E-state index contributed by atoms with van der Waals surface area (Å²) in [6.07, 6.45) is 5.34. The van der Waals surface area contributed by atoms with Crippen LogP contribution in [0.4, 0.5) is 0 Å². The van der Waals surface area contributed by atoms with E-state index in [4.69, 9.17) is 27.8 Å². The van der Waals surface area contributed by atoms with Gasteiger partial charge in [0, 0.05) is 30.5 Å². The smallest absolute Gasteiger partial charge is 0.200 e. The molecule has 2 saturated heterocycles. The Hall–Kier alpha value is -4.01. The molecule has 9 nitrogen and oxygen atoms in total. The van der Waals surface area contributed by atoms with Crippen molar-refractivity contribution < 1.29 is 32.0 Å². The summed E-state index contributed by atoms with van der Waals surface area (Å²) in [6, 6.07) is 31.7. The molecule has 0 amide bonds. The molecule has 3 unspecified atom stereocenters. The van der Waals surface area contributed by atoms with Crippen LogP contribution < -0.4 is 10.9 Å². The highest BCUT2D eigenvalue weighted by Crippen LogP contribution is 2.31. The summed E-state index contributed by atoms with van der Waals surface area (Å²) in [5, 5.41) is 1.91. The number of para-hydroxylation sites is 2. The highest BCUT2D eigenvalue weighted by molar-refractivity contribution is 7.98. The molecule has 0 radical (unpaired) electrons. The average Bonchev–Trinajstić information content (AvgIpc) is 3.33. The first-order valence-electron chi connectivity index (χ1n) is 23.0. The minimum absolute atomic E-state index is 0.0248. The van der Waals surface area contributed by atoms with E-state index in [0.717, 1.165) is 50.0 Å². The molecule has 2 aliphatic heterocycles. The second-order valence-electron chi connectivity index (χ2n) is 18.6. The van der Waals surface area contributed by atoms with Gasteiger partial charge in [0.05, 0.1) is 45.9 Å². The zero-order chi connectivity index (χ0) is 47.3. The Morgan fingerprint density at radius 2 is 1.11 bits per heavy atom. The lowest BCUT2D eigenvalue weighted by Crippen LogP contribution is -2.24. The van der Waals surface area contributed by atoms with Gasteiger partial charge in [-0.2, -0.15) is 12.6 Å². The topological polar surface area (TPSA) is 114 Å². The van der Waals surface area contributed by atoms with Crippen molar-refractivity contribution in [3.05, 3.63) is 151 Å². The maximum atomic E-state index is 13.2. The molecule has 2 fully saturated rings. The number of fused-ring (bicyclic) bond motifs is 2. The van der Waals surface area contributed by atoms with Gasteiger partial charge in [-0.15, -0.1) is 0 Å². The molecule has 6 aromatic rings. The van der Waals surface area contributed by atoms with Crippen LogP contribution in [0.3, 0.4) is 0 Å². The lowest BCUT2D eigenvalue weighted by atomic mass is 9.87. The molecule has 12 heteroatoms. The van der Waals surface area contributed by atoms with Crippen LogP contribution in [0.15, 0.2) is 126 Å². The quantitative estimate of drug-likeness (QED) is 0.0939. The van der Waals surface area contributed by atoms with Crippen LogP contribution >= 0.6 is 24.4 Å². The van der Waals surface area contributed by atoms with Gasteiger partial charge in [-0.25, -0.2) is 0 Å². The molecule has 4 aromatic carbocycles. The molecular formula is C54H66O9S3. The Morgan fingerprint density at radius 1 is 0.636 bits per heavy atom. The first-order chi connectivity index (χ1) is 31.7. The molecule has 8 rings (SSSR count). The maximum absolute atomic E-state index is 13.2. The van der Waals surface area contributed by atoms with Gasteiger partial charge in [0.15, 0.2) is 33.6 Å². The summed E-state index contributed by atoms with van der Waals surface area (Å²) in [6.45, 7) is 16.7. The molecule has 3 atom stereocenters. The molecule has 0 N–H and O–H groups in total. The molecule has 2 aromatic heterocycles. The standard InChI is InChI=1S/C26H30O4S.C17H20O5S.C11H16S/c1-26(2,3)19-13-11-18(12-14-19)17-31-25-21(16-29-23-10-6-7-15-28-23)24(27)20-8-4-5-9-22(20)30-25;1-2-23(19)17-13(11-21-15-9-5-6-10-20-15)16(18)12-7-3-4-8-14(12)22-17;1-11(2,3)10-6-4-9(8-12)5-7-10/h4-5,8-9,11-14,23H,6-7,10,15-17H2,1-3H3;3-4,7-8,15H,2,5-6,9-11H2,1H3;4-7,12H,8H2,1-3H3. The highest BCUT2D eigenvalue weighted by atomic mass is 32.2. The van der Waals surface area contributed by atoms with Gasteiger partial charge < -0.3 is 27.8 Å². The Morgan fingerprint density at radius 3 is 1.58 bits per heavy atom. The molecule has 4 heterocycles. The van der Waals surface area contributed by atoms with Gasteiger partial charge >= 0.3 is 0 Å². The van der Waals surface area contributed by atoms with E-state index in [9.17, 15) is 13.8 Å². The van der Waals surface area contributed by atoms with E-state index in [1.807, 2.05) is 18.2 Å². The number of thioether (sulfide) groups is 1. The van der Waals surface area contributed by atoms with Gasteiger partial charge in [-0.1, -0.05) is 133 Å². The minimum atomic E-state index is -1.36. The van der Waals surface area contributed by atoms with Gasteiger partial charge in [0.2, 0.25) is 0 Å². The van der Waals surface area contributed by atoms with Crippen LogP contribution in [-0.2, 0) is 65.3 Å². The van der Waals surface area contributed by atoms with E-state index in [1.165, 1.54) is 22.3 Å². The predicted molar refractivity (Wildman–Crippen MR) is 271 cm³/mol. The molecule has 0 spiro atoms. The Labute approximate surface area is 402 Å². The van der Waals surface area contributed by atoms with Gasteiger partial charge in [-0.3, -0.25) is 13.8 Å². The molecule has 66 heavy (non-hydrogen) atoms. The van der Waals surface area contributed by atoms with Gasteiger partial charge in [-0.05, 0) is 95.9 Å². The molecule has 0 bridgehead atoms. The van der Waals surface area contributed by atoms with Crippen LogP contribution in [0.25, 0.3) is 21.9 Å². The van der Waals surface area contributed by atoms with Crippen LogP contribution in [0.1, 0.15) is 120 Å². The summed E-state index contributed by atoms with van der Waals surface area (Å²) in [4.78, 5) is 25.9. The van der Waals surface area contributed by atoms with E-state index in [2.05, 4.69) is 103 Å². The van der Waals surface area contributed by atoms with E-state index < -0.39 is 10.8 Å². The normalized spacial score (nSPS) is 17.1. The third-order valence-corrected chi connectivity index (χ3v) is 14.2. The monoisotopic (exact) mass is 954 g/mol. The van der Waals surface area contributed by atoms with Crippen molar-refractivity contribution in [2.75, 3.05) is 19.0 Å².